The summed E-state index contributed by atoms with van der Waals surface area (Å²) in [6.45, 7) is 1.20. The molecule has 0 aliphatic carbocycles. The molecule has 2 aromatic rings. The summed E-state index contributed by atoms with van der Waals surface area (Å²) >= 11 is 0. The zero-order valence-electron chi connectivity index (χ0n) is 12.6. The molecule has 1 aliphatic heterocycles. The molecule has 1 unspecified atom stereocenters. The highest BCUT2D eigenvalue weighted by Crippen LogP contribution is 2.19. The Balaban J connectivity index is 1.61. The predicted octanol–water partition coefficient (Wildman–Crippen LogP) is 1.43. The van der Waals surface area contributed by atoms with Crippen molar-refractivity contribution in [2.75, 3.05) is 32.1 Å². The number of amides is 1. The number of likely N-dealkylation sites (tertiary alicyclic amines) is 1. The van der Waals surface area contributed by atoms with E-state index < -0.39 is 0 Å². The maximum Gasteiger partial charge on any atom is 0.257 e. The van der Waals surface area contributed by atoms with E-state index in [1.807, 2.05) is 19.0 Å². The smallest absolute Gasteiger partial charge is 0.257 e. The van der Waals surface area contributed by atoms with Crippen molar-refractivity contribution in [2.24, 2.45) is 0 Å². The van der Waals surface area contributed by atoms with Crippen molar-refractivity contribution < 1.29 is 13.9 Å². The molecule has 0 N–H and O–H groups in total. The molecule has 0 aromatic carbocycles. The van der Waals surface area contributed by atoms with Crippen molar-refractivity contribution in [2.45, 2.75) is 12.5 Å². The molecule has 116 valence electrons. The van der Waals surface area contributed by atoms with Gasteiger partial charge in [-0.2, -0.15) is 4.98 Å². The third-order valence-corrected chi connectivity index (χ3v) is 3.55. The summed E-state index contributed by atoms with van der Waals surface area (Å²) in [4.78, 5) is 24.4. The lowest BCUT2D eigenvalue weighted by molar-refractivity contribution is 0.0770. The summed E-state index contributed by atoms with van der Waals surface area (Å²) < 4.78 is 10.8. The van der Waals surface area contributed by atoms with Gasteiger partial charge in [0.1, 0.15) is 12.4 Å². The third kappa shape index (κ3) is 3.03. The van der Waals surface area contributed by atoms with Crippen LogP contribution in [0.2, 0.25) is 0 Å². The number of carbonyl (C=O) groups is 1. The number of carbonyl (C=O) groups excluding carboxylic acids is 1. The van der Waals surface area contributed by atoms with Gasteiger partial charge in [0, 0.05) is 27.1 Å². The summed E-state index contributed by atoms with van der Waals surface area (Å²) in [5.41, 5.74) is 0.565. The SMILES string of the molecule is CN(C)c1cncc(OC2CCN(C(=O)c3ccoc3)C2)n1. The van der Waals surface area contributed by atoms with Gasteiger partial charge in [-0.1, -0.05) is 0 Å². The van der Waals surface area contributed by atoms with E-state index in [1.54, 1.807) is 23.4 Å². The molecule has 1 aliphatic rings. The van der Waals surface area contributed by atoms with E-state index in [1.165, 1.54) is 12.5 Å². The molecule has 2 aromatic heterocycles. The number of aromatic nitrogens is 2. The van der Waals surface area contributed by atoms with Gasteiger partial charge < -0.3 is 19.0 Å². The zero-order chi connectivity index (χ0) is 15.5. The van der Waals surface area contributed by atoms with E-state index in [0.717, 1.165) is 12.2 Å². The molecule has 0 spiro atoms. The van der Waals surface area contributed by atoms with E-state index in [0.29, 0.717) is 24.5 Å². The van der Waals surface area contributed by atoms with Gasteiger partial charge in [-0.3, -0.25) is 9.78 Å². The molecule has 0 bridgehead atoms. The second kappa shape index (κ2) is 6.05. The maximum atomic E-state index is 12.2. The summed E-state index contributed by atoms with van der Waals surface area (Å²) in [5.74, 6) is 1.18. The molecule has 0 saturated carbocycles. The molecule has 7 nitrogen and oxygen atoms in total. The fraction of sp³-hybridized carbons (Fsp3) is 0.400. The van der Waals surface area contributed by atoms with E-state index >= 15 is 0 Å². The molecular weight excluding hydrogens is 284 g/mol. The van der Waals surface area contributed by atoms with Crippen molar-refractivity contribution >= 4 is 11.7 Å². The van der Waals surface area contributed by atoms with Crippen LogP contribution < -0.4 is 9.64 Å². The minimum atomic E-state index is -0.0671. The third-order valence-electron chi connectivity index (χ3n) is 3.55. The Kier molecular flexibility index (Phi) is 3.95. The van der Waals surface area contributed by atoms with Gasteiger partial charge in [-0.25, -0.2) is 0 Å². The van der Waals surface area contributed by atoms with Crippen LogP contribution >= 0.6 is 0 Å². The second-order valence-electron chi connectivity index (χ2n) is 5.40. The van der Waals surface area contributed by atoms with Crippen LogP contribution in [0.5, 0.6) is 5.88 Å². The van der Waals surface area contributed by atoms with Crippen LogP contribution in [0.1, 0.15) is 16.8 Å². The van der Waals surface area contributed by atoms with Crippen molar-refractivity contribution in [1.82, 2.24) is 14.9 Å². The van der Waals surface area contributed by atoms with Crippen LogP contribution in [0.15, 0.2) is 35.4 Å². The maximum absolute atomic E-state index is 12.2. The van der Waals surface area contributed by atoms with E-state index in [2.05, 4.69) is 9.97 Å². The predicted molar refractivity (Wildman–Crippen MR) is 80.0 cm³/mol. The van der Waals surface area contributed by atoms with Crippen LogP contribution in [-0.2, 0) is 0 Å². The Morgan fingerprint density at radius 3 is 3.05 bits per heavy atom. The molecule has 1 saturated heterocycles. The number of hydrogen-bond acceptors (Lipinski definition) is 6. The standard InChI is InChI=1S/C15H18N4O3/c1-18(2)13-7-16-8-14(17-13)22-12-3-5-19(9-12)15(20)11-4-6-21-10-11/h4,6-8,10,12H,3,5,9H2,1-2H3. The molecule has 3 rings (SSSR count). The molecule has 0 radical (unpaired) electrons. The zero-order valence-corrected chi connectivity index (χ0v) is 12.6. The molecular formula is C15H18N4O3. The monoisotopic (exact) mass is 302 g/mol. The number of furan rings is 1. The lowest BCUT2D eigenvalue weighted by Gasteiger charge is -2.17. The van der Waals surface area contributed by atoms with Crippen LogP contribution in [0.25, 0.3) is 0 Å². The largest absolute Gasteiger partial charge is 0.472 e. The van der Waals surface area contributed by atoms with Crippen LogP contribution in [-0.4, -0.2) is 54.1 Å². The van der Waals surface area contributed by atoms with Gasteiger partial charge in [-0.15, -0.1) is 0 Å². The molecule has 1 amide bonds. The number of nitrogens with zero attached hydrogens (tertiary/aromatic N) is 4. The lowest BCUT2D eigenvalue weighted by Crippen LogP contribution is -2.30. The first kappa shape index (κ1) is 14.4. The first-order valence-corrected chi connectivity index (χ1v) is 7.11. The van der Waals surface area contributed by atoms with Crippen molar-refractivity contribution in [3.63, 3.8) is 0 Å². The summed E-state index contributed by atoms with van der Waals surface area (Å²) in [6.07, 6.45) is 6.94. The number of rotatable bonds is 4. The molecule has 1 fully saturated rings. The Morgan fingerprint density at radius 1 is 1.45 bits per heavy atom. The fourth-order valence-electron chi connectivity index (χ4n) is 2.36. The van der Waals surface area contributed by atoms with Gasteiger partial charge in [-0.05, 0) is 6.07 Å². The van der Waals surface area contributed by atoms with E-state index in [4.69, 9.17) is 9.15 Å². The van der Waals surface area contributed by atoms with Crippen LogP contribution in [0.3, 0.4) is 0 Å². The van der Waals surface area contributed by atoms with E-state index in [9.17, 15) is 4.79 Å². The summed E-state index contributed by atoms with van der Waals surface area (Å²) in [5, 5.41) is 0. The Bertz CT molecular complexity index is 642. The first-order chi connectivity index (χ1) is 10.6. The molecule has 7 heteroatoms. The minimum Gasteiger partial charge on any atom is -0.472 e. The number of anilines is 1. The Labute approximate surface area is 128 Å². The van der Waals surface area contributed by atoms with Crippen molar-refractivity contribution in [3.8, 4) is 5.88 Å². The highest BCUT2D eigenvalue weighted by Gasteiger charge is 2.29. The van der Waals surface area contributed by atoms with Gasteiger partial charge in [0.25, 0.3) is 5.91 Å². The highest BCUT2D eigenvalue weighted by molar-refractivity contribution is 5.94. The summed E-state index contributed by atoms with van der Waals surface area (Å²) in [7, 11) is 3.79. The molecule has 3 heterocycles. The topological polar surface area (TPSA) is 71.7 Å². The lowest BCUT2D eigenvalue weighted by atomic mass is 10.3. The van der Waals surface area contributed by atoms with Crippen molar-refractivity contribution in [1.29, 1.82) is 0 Å². The molecule has 22 heavy (non-hydrogen) atoms. The van der Waals surface area contributed by atoms with Crippen LogP contribution in [0.4, 0.5) is 5.82 Å². The summed E-state index contributed by atoms with van der Waals surface area (Å²) in [6, 6.07) is 1.67. The Hall–Kier alpha value is -2.57. The average molecular weight is 302 g/mol. The normalized spacial score (nSPS) is 17.5. The fourth-order valence-corrected chi connectivity index (χ4v) is 2.36. The van der Waals surface area contributed by atoms with Gasteiger partial charge >= 0.3 is 0 Å². The quantitative estimate of drug-likeness (QED) is 0.851. The van der Waals surface area contributed by atoms with Crippen molar-refractivity contribution in [3.05, 3.63) is 36.5 Å². The second-order valence-corrected chi connectivity index (χ2v) is 5.40. The minimum absolute atomic E-state index is 0.0343. The van der Waals surface area contributed by atoms with Gasteiger partial charge in [0.05, 0.1) is 30.8 Å². The first-order valence-electron chi connectivity index (χ1n) is 7.11. The number of ether oxygens (including phenoxy) is 1. The van der Waals surface area contributed by atoms with Gasteiger partial charge in [0.2, 0.25) is 5.88 Å². The van der Waals surface area contributed by atoms with Gasteiger partial charge in [0.15, 0.2) is 5.82 Å². The highest BCUT2D eigenvalue weighted by atomic mass is 16.5. The Morgan fingerprint density at radius 2 is 2.32 bits per heavy atom. The molecule has 1 atom stereocenters. The average Bonchev–Trinajstić information content (AvgIpc) is 3.18. The van der Waals surface area contributed by atoms with E-state index in [-0.39, 0.29) is 12.0 Å². The van der Waals surface area contributed by atoms with Crippen LogP contribution in [0, 0.1) is 0 Å². The number of hydrogen-bond donors (Lipinski definition) is 0.